The molecule has 5 heteroatoms. The van der Waals surface area contributed by atoms with E-state index in [0.29, 0.717) is 30.3 Å². The van der Waals surface area contributed by atoms with Gasteiger partial charge in [-0.2, -0.15) is 0 Å². The van der Waals surface area contributed by atoms with Gasteiger partial charge in [-0.15, -0.1) is 0 Å². The number of benzene rings is 2. The van der Waals surface area contributed by atoms with E-state index in [2.05, 4.69) is 22.9 Å². The largest absolute Gasteiger partial charge is 0.496 e. The molecule has 3 rings (SSSR count). The Balaban J connectivity index is 1.92. The fourth-order valence-corrected chi connectivity index (χ4v) is 3.91. The van der Waals surface area contributed by atoms with Gasteiger partial charge < -0.3 is 14.2 Å². The Morgan fingerprint density at radius 1 is 1.12 bits per heavy atom. The van der Waals surface area contributed by atoms with Crippen LogP contribution in [0.5, 0.6) is 17.2 Å². The second-order valence-corrected chi connectivity index (χ2v) is 7.14. The molecule has 0 unspecified atom stereocenters. The summed E-state index contributed by atoms with van der Waals surface area (Å²) in [6, 6.07) is 7.63. The van der Waals surface area contributed by atoms with Gasteiger partial charge in [0.1, 0.15) is 23.9 Å². The Morgan fingerprint density at radius 2 is 1.84 bits per heavy atom. The molecule has 2 aromatic carbocycles. The van der Waals surface area contributed by atoms with E-state index in [1.54, 1.807) is 14.2 Å². The van der Waals surface area contributed by atoms with E-state index in [0.717, 1.165) is 26.7 Å². The molecular formula is C20H21BrO4. The maximum Gasteiger partial charge on any atom is 0.167 e. The number of ketones is 1. The zero-order valence-electron chi connectivity index (χ0n) is 14.8. The highest BCUT2D eigenvalue weighted by Gasteiger charge is 2.31. The van der Waals surface area contributed by atoms with E-state index < -0.39 is 0 Å². The zero-order chi connectivity index (χ0) is 18.1. The number of halogens is 1. The standard InChI is InChI=1S/C20H21BrO4/c1-11-5-6-16(20-15(22)7-12(2)19(11)20)25-10-13-8-18(24-4)14(21)9-17(13)23-3/h5-6,8-9,12H,7,10H2,1-4H3/t12-/m0/s1. The highest BCUT2D eigenvalue weighted by Crippen LogP contribution is 2.41. The van der Waals surface area contributed by atoms with Gasteiger partial charge >= 0.3 is 0 Å². The quantitative estimate of drug-likeness (QED) is 0.699. The third-order valence-corrected chi connectivity index (χ3v) is 5.25. The fraction of sp³-hybridized carbons (Fsp3) is 0.350. The molecule has 0 bridgehead atoms. The minimum Gasteiger partial charge on any atom is -0.496 e. The normalized spacial score (nSPS) is 15.9. The van der Waals surface area contributed by atoms with Gasteiger partial charge in [-0.05, 0) is 58.1 Å². The van der Waals surface area contributed by atoms with Gasteiger partial charge in [-0.1, -0.05) is 13.0 Å². The minimum atomic E-state index is 0.154. The highest BCUT2D eigenvalue weighted by atomic mass is 79.9. The number of methoxy groups -OCH3 is 2. The summed E-state index contributed by atoms with van der Waals surface area (Å²) in [7, 11) is 3.23. The molecule has 1 aliphatic carbocycles. The lowest BCUT2D eigenvalue weighted by Crippen LogP contribution is -2.04. The fourth-order valence-electron chi connectivity index (χ4n) is 3.42. The van der Waals surface area contributed by atoms with Crippen LogP contribution in [0.15, 0.2) is 28.7 Å². The van der Waals surface area contributed by atoms with Crippen molar-refractivity contribution in [3.8, 4) is 17.2 Å². The topological polar surface area (TPSA) is 44.8 Å². The number of rotatable bonds is 5. The number of aryl methyl sites for hydroxylation is 1. The summed E-state index contributed by atoms with van der Waals surface area (Å²) in [5.74, 6) is 2.45. The zero-order valence-corrected chi connectivity index (χ0v) is 16.4. The SMILES string of the molecule is COc1cc(COc2ccc(C)c3c2C(=O)C[C@@H]3C)c(OC)cc1Br. The minimum absolute atomic E-state index is 0.154. The lowest BCUT2D eigenvalue weighted by atomic mass is 9.97. The summed E-state index contributed by atoms with van der Waals surface area (Å²) in [5, 5.41) is 0. The average Bonchev–Trinajstić information content (AvgIpc) is 2.90. The van der Waals surface area contributed by atoms with Crippen LogP contribution in [0.3, 0.4) is 0 Å². The second-order valence-electron chi connectivity index (χ2n) is 6.28. The van der Waals surface area contributed by atoms with Crippen LogP contribution in [0.2, 0.25) is 0 Å². The van der Waals surface area contributed by atoms with Gasteiger partial charge in [-0.3, -0.25) is 4.79 Å². The number of hydrogen-bond donors (Lipinski definition) is 0. The number of fused-ring (bicyclic) bond motifs is 1. The maximum atomic E-state index is 12.4. The smallest absolute Gasteiger partial charge is 0.167 e. The summed E-state index contributed by atoms with van der Waals surface area (Å²) in [5.41, 5.74) is 3.84. The van der Waals surface area contributed by atoms with E-state index in [9.17, 15) is 4.79 Å². The Labute approximate surface area is 156 Å². The van der Waals surface area contributed by atoms with Crippen LogP contribution in [-0.4, -0.2) is 20.0 Å². The summed E-state index contributed by atoms with van der Waals surface area (Å²) in [4.78, 5) is 12.4. The van der Waals surface area contributed by atoms with Crippen LogP contribution in [-0.2, 0) is 6.61 Å². The van der Waals surface area contributed by atoms with Crippen molar-refractivity contribution in [2.75, 3.05) is 14.2 Å². The lowest BCUT2D eigenvalue weighted by molar-refractivity contribution is 0.0986. The maximum absolute atomic E-state index is 12.4. The molecular weight excluding hydrogens is 384 g/mol. The highest BCUT2D eigenvalue weighted by molar-refractivity contribution is 9.10. The molecule has 0 spiro atoms. The molecule has 0 radical (unpaired) electrons. The van der Waals surface area contributed by atoms with Gasteiger partial charge in [0.15, 0.2) is 5.78 Å². The number of carbonyl (C=O) groups is 1. The van der Waals surface area contributed by atoms with E-state index in [4.69, 9.17) is 14.2 Å². The van der Waals surface area contributed by atoms with Crippen molar-refractivity contribution in [3.05, 3.63) is 51.0 Å². The van der Waals surface area contributed by atoms with Crippen molar-refractivity contribution < 1.29 is 19.0 Å². The number of ether oxygens (including phenoxy) is 3. The molecule has 1 aliphatic rings. The van der Waals surface area contributed by atoms with Crippen LogP contribution in [0, 0.1) is 6.92 Å². The number of hydrogen-bond acceptors (Lipinski definition) is 4. The monoisotopic (exact) mass is 404 g/mol. The van der Waals surface area contributed by atoms with Crippen LogP contribution < -0.4 is 14.2 Å². The molecule has 0 aromatic heterocycles. The van der Waals surface area contributed by atoms with Gasteiger partial charge in [0.05, 0.1) is 24.3 Å². The van der Waals surface area contributed by atoms with Crippen LogP contribution in [0.25, 0.3) is 0 Å². The third-order valence-electron chi connectivity index (χ3n) is 4.63. The summed E-state index contributed by atoms with van der Waals surface area (Å²) in [6.45, 7) is 4.42. The second kappa shape index (κ2) is 7.08. The predicted octanol–water partition coefficient (Wildman–Crippen LogP) is 5.04. The first kappa shape index (κ1) is 17.8. The predicted molar refractivity (Wildman–Crippen MR) is 100 cm³/mol. The summed E-state index contributed by atoms with van der Waals surface area (Å²) >= 11 is 3.45. The number of Topliss-reactive ketones (excluding diaryl/α,β-unsaturated/α-hetero) is 1. The molecule has 0 amide bonds. The molecule has 1 atom stereocenters. The van der Waals surface area contributed by atoms with Crippen molar-refractivity contribution >= 4 is 21.7 Å². The first-order valence-corrected chi connectivity index (χ1v) is 8.95. The Hall–Kier alpha value is -2.01. The third kappa shape index (κ3) is 3.25. The molecule has 0 fully saturated rings. The van der Waals surface area contributed by atoms with Crippen molar-refractivity contribution in [2.24, 2.45) is 0 Å². The molecule has 0 saturated carbocycles. The van der Waals surface area contributed by atoms with Gasteiger partial charge in [0.25, 0.3) is 0 Å². The average molecular weight is 405 g/mol. The molecule has 0 saturated heterocycles. The molecule has 0 N–H and O–H groups in total. The molecule has 0 heterocycles. The van der Waals surface area contributed by atoms with Gasteiger partial charge in [0, 0.05) is 12.0 Å². The molecule has 0 aliphatic heterocycles. The van der Waals surface area contributed by atoms with Crippen molar-refractivity contribution in [1.82, 2.24) is 0 Å². The number of carbonyl (C=O) groups excluding carboxylic acids is 1. The van der Waals surface area contributed by atoms with Crippen LogP contribution >= 0.6 is 15.9 Å². The first-order chi connectivity index (χ1) is 12.0. The summed E-state index contributed by atoms with van der Waals surface area (Å²) < 4.78 is 17.6. The van der Waals surface area contributed by atoms with Gasteiger partial charge in [-0.25, -0.2) is 0 Å². The van der Waals surface area contributed by atoms with Crippen LogP contribution in [0.1, 0.15) is 46.3 Å². The summed E-state index contributed by atoms with van der Waals surface area (Å²) in [6.07, 6.45) is 0.548. The van der Waals surface area contributed by atoms with E-state index in [1.165, 1.54) is 0 Å². The Bertz CT molecular complexity index is 829. The van der Waals surface area contributed by atoms with Crippen molar-refractivity contribution in [1.29, 1.82) is 0 Å². The Kier molecular flexibility index (Phi) is 5.04. The molecule has 132 valence electrons. The lowest BCUT2D eigenvalue weighted by Gasteiger charge is -2.16. The molecule has 4 nitrogen and oxygen atoms in total. The van der Waals surface area contributed by atoms with Crippen molar-refractivity contribution in [3.63, 3.8) is 0 Å². The van der Waals surface area contributed by atoms with E-state index in [-0.39, 0.29) is 11.7 Å². The van der Waals surface area contributed by atoms with Crippen molar-refractivity contribution in [2.45, 2.75) is 32.8 Å². The van der Waals surface area contributed by atoms with Gasteiger partial charge in [0.2, 0.25) is 0 Å². The molecule has 2 aromatic rings. The first-order valence-electron chi connectivity index (χ1n) is 8.16. The Morgan fingerprint density at radius 3 is 2.52 bits per heavy atom. The molecule has 25 heavy (non-hydrogen) atoms. The van der Waals surface area contributed by atoms with E-state index in [1.807, 2.05) is 31.2 Å². The van der Waals surface area contributed by atoms with E-state index >= 15 is 0 Å². The van der Waals surface area contributed by atoms with Crippen LogP contribution in [0.4, 0.5) is 0 Å².